The van der Waals surface area contributed by atoms with E-state index in [0.717, 1.165) is 0 Å². The molecule has 0 saturated heterocycles. The van der Waals surface area contributed by atoms with Gasteiger partial charge in [0.2, 0.25) is 0 Å². The van der Waals surface area contributed by atoms with Crippen molar-refractivity contribution in [3.8, 4) is 0 Å². The number of nitrogens with zero attached hydrogens (tertiary/aromatic N) is 1. The Morgan fingerprint density at radius 1 is 1.46 bits per heavy atom. The van der Waals surface area contributed by atoms with Crippen molar-refractivity contribution in [3.05, 3.63) is 0 Å². The molecule has 78 valence electrons. The summed E-state index contributed by atoms with van der Waals surface area (Å²) in [6.07, 6.45) is 0.987. The van der Waals surface area contributed by atoms with Crippen molar-refractivity contribution < 1.29 is 9.53 Å². The Bertz CT molecular complexity index is 169. The van der Waals surface area contributed by atoms with Gasteiger partial charge in [0.15, 0.2) is 5.96 Å². The third-order valence-corrected chi connectivity index (χ3v) is 1.14. The molecule has 0 heterocycles. The van der Waals surface area contributed by atoms with E-state index in [1.54, 1.807) is 6.92 Å². The van der Waals surface area contributed by atoms with Crippen molar-refractivity contribution in [2.75, 3.05) is 13.2 Å². The molecule has 0 bridgehead atoms. The van der Waals surface area contributed by atoms with E-state index in [2.05, 4.69) is 4.99 Å². The van der Waals surface area contributed by atoms with Crippen LogP contribution in [-0.4, -0.2) is 25.1 Å². The fourth-order valence-corrected chi connectivity index (χ4v) is 0.665. The van der Waals surface area contributed by atoms with Crippen LogP contribution in [0, 0.1) is 0 Å². The minimum atomic E-state index is -0.205. The second-order valence-corrected chi connectivity index (χ2v) is 2.22. The van der Waals surface area contributed by atoms with E-state index in [1.165, 1.54) is 0 Å². The van der Waals surface area contributed by atoms with Crippen LogP contribution < -0.4 is 11.5 Å². The van der Waals surface area contributed by atoms with Gasteiger partial charge >= 0.3 is 5.97 Å². The van der Waals surface area contributed by atoms with Crippen LogP contribution >= 0.6 is 12.4 Å². The zero-order chi connectivity index (χ0) is 9.40. The summed E-state index contributed by atoms with van der Waals surface area (Å²) in [6, 6.07) is 0. The Morgan fingerprint density at radius 2 is 2.08 bits per heavy atom. The molecule has 0 spiro atoms. The Hall–Kier alpha value is -0.970. The number of guanidine groups is 1. The van der Waals surface area contributed by atoms with E-state index in [1.807, 2.05) is 0 Å². The highest BCUT2D eigenvalue weighted by Crippen LogP contribution is 1.92. The van der Waals surface area contributed by atoms with Gasteiger partial charge < -0.3 is 16.2 Å². The van der Waals surface area contributed by atoms with Crippen LogP contribution in [0.3, 0.4) is 0 Å². The molecular formula is C7H16ClN3O2. The lowest BCUT2D eigenvalue weighted by Gasteiger charge is -1.99. The maximum Gasteiger partial charge on any atom is 0.305 e. The van der Waals surface area contributed by atoms with Gasteiger partial charge in [0.1, 0.15) is 0 Å². The highest BCUT2D eigenvalue weighted by molar-refractivity contribution is 5.85. The number of hydrogen-bond acceptors (Lipinski definition) is 3. The lowest BCUT2D eigenvalue weighted by molar-refractivity contribution is -0.143. The fourth-order valence-electron chi connectivity index (χ4n) is 0.665. The smallest absolute Gasteiger partial charge is 0.305 e. The van der Waals surface area contributed by atoms with E-state index < -0.39 is 0 Å². The molecule has 0 amide bonds. The number of ether oxygens (including phenoxy) is 1. The maximum atomic E-state index is 10.8. The molecule has 0 aromatic heterocycles. The zero-order valence-electron chi connectivity index (χ0n) is 7.66. The number of carbonyl (C=O) groups excluding carboxylic acids is 1. The summed E-state index contributed by atoms with van der Waals surface area (Å²) in [4.78, 5) is 14.5. The van der Waals surface area contributed by atoms with Crippen LogP contribution in [0.1, 0.15) is 19.8 Å². The van der Waals surface area contributed by atoms with E-state index in [9.17, 15) is 4.79 Å². The molecule has 0 saturated carbocycles. The first-order valence-electron chi connectivity index (χ1n) is 3.87. The van der Waals surface area contributed by atoms with Crippen molar-refractivity contribution >= 4 is 24.3 Å². The molecule has 0 fully saturated rings. The van der Waals surface area contributed by atoms with Gasteiger partial charge in [-0.25, -0.2) is 0 Å². The summed E-state index contributed by atoms with van der Waals surface area (Å²) < 4.78 is 4.70. The summed E-state index contributed by atoms with van der Waals surface area (Å²) in [5.41, 5.74) is 10.2. The van der Waals surface area contributed by atoms with Gasteiger partial charge in [-0.15, -0.1) is 12.4 Å². The quantitative estimate of drug-likeness (QED) is 0.289. The van der Waals surface area contributed by atoms with Crippen LogP contribution in [0.2, 0.25) is 0 Å². The van der Waals surface area contributed by atoms with Crippen molar-refractivity contribution in [2.45, 2.75) is 19.8 Å². The number of esters is 1. The summed E-state index contributed by atoms with van der Waals surface area (Å²) in [7, 11) is 0. The highest BCUT2D eigenvalue weighted by atomic mass is 35.5. The minimum absolute atomic E-state index is 0. The van der Waals surface area contributed by atoms with Gasteiger partial charge in [-0.2, -0.15) is 0 Å². The number of nitrogens with two attached hydrogens (primary N) is 2. The second kappa shape index (κ2) is 9.12. The highest BCUT2D eigenvalue weighted by Gasteiger charge is 1.99. The largest absolute Gasteiger partial charge is 0.466 e. The number of hydrogen-bond donors (Lipinski definition) is 2. The van der Waals surface area contributed by atoms with Gasteiger partial charge in [0.05, 0.1) is 6.61 Å². The van der Waals surface area contributed by atoms with Gasteiger partial charge in [-0.3, -0.25) is 9.79 Å². The summed E-state index contributed by atoms with van der Waals surface area (Å²) in [5.74, 6) is -0.151. The van der Waals surface area contributed by atoms with E-state index in [4.69, 9.17) is 16.2 Å². The van der Waals surface area contributed by atoms with Crippen molar-refractivity contribution in [2.24, 2.45) is 16.5 Å². The first-order valence-corrected chi connectivity index (χ1v) is 3.87. The SMILES string of the molecule is CCOC(=O)CCCN=C(N)N.Cl. The van der Waals surface area contributed by atoms with Crippen molar-refractivity contribution in [1.29, 1.82) is 0 Å². The molecule has 0 atom stereocenters. The summed E-state index contributed by atoms with van der Waals surface area (Å²) >= 11 is 0. The Labute approximate surface area is 83.9 Å². The second-order valence-electron chi connectivity index (χ2n) is 2.22. The van der Waals surface area contributed by atoms with Crippen LogP contribution in [0.15, 0.2) is 4.99 Å². The van der Waals surface area contributed by atoms with Gasteiger partial charge in [0.25, 0.3) is 0 Å². The Morgan fingerprint density at radius 3 is 2.54 bits per heavy atom. The molecule has 0 aromatic rings. The average molecular weight is 210 g/mol. The van der Waals surface area contributed by atoms with Gasteiger partial charge in [0, 0.05) is 13.0 Å². The lowest BCUT2D eigenvalue weighted by Crippen LogP contribution is -2.23. The summed E-state index contributed by atoms with van der Waals surface area (Å²) in [5, 5.41) is 0. The fraction of sp³-hybridized carbons (Fsp3) is 0.714. The van der Waals surface area contributed by atoms with E-state index in [-0.39, 0.29) is 24.3 Å². The number of carbonyl (C=O) groups is 1. The van der Waals surface area contributed by atoms with Crippen LogP contribution in [-0.2, 0) is 9.53 Å². The number of aliphatic imine (C=N–C) groups is 1. The van der Waals surface area contributed by atoms with Crippen molar-refractivity contribution in [1.82, 2.24) is 0 Å². The average Bonchev–Trinajstić information content (AvgIpc) is 1.98. The first kappa shape index (κ1) is 14.5. The zero-order valence-corrected chi connectivity index (χ0v) is 8.47. The Kier molecular flexibility index (Phi) is 10.2. The van der Waals surface area contributed by atoms with Gasteiger partial charge in [-0.1, -0.05) is 0 Å². The molecule has 0 aliphatic rings. The van der Waals surface area contributed by atoms with Crippen LogP contribution in [0.25, 0.3) is 0 Å². The molecule has 0 aliphatic carbocycles. The normalized spacial score (nSPS) is 8.38. The van der Waals surface area contributed by atoms with Crippen LogP contribution in [0.4, 0.5) is 0 Å². The standard InChI is InChI=1S/C7H15N3O2.ClH/c1-2-12-6(11)4-3-5-10-7(8)9;/h2-5H2,1H3,(H4,8,9,10);1H. The Balaban J connectivity index is 0. The molecule has 0 radical (unpaired) electrons. The number of halogens is 1. The molecular weight excluding hydrogens is 194 g/mol. The predicted octanol–water partition coefficient (Wildman–Crippen LogP) is 0.0249. The van der Waals surface area contributed by atoms with E-state index in [0.29, 0.717) is 26.0 Å². The maximum absolute atomic E-state index is 10.8. The molecule has 0 aliphatic heterocycles. The monoisotopic (exact) mass is 209 g/mol. The third kappa shape index (κ3) is 11.0. The number of rotatable bonds is 5. The topological polar surface area (TPSA) is 90.7 Å². The molecule has 5 nitrogen and oxygen atoms in total. The molecule has 6 heteroatoms. The minimum Gasteiger partial charge on any atom is -0.466 e. The molecule has 0 aromatic carbocycles. The molecule has 13 heavy (non-hydrogen) atoms. The lowest BCUT2D eigenvalue weighted by atomic mass is 10.3. The molecule has 0 unspecified atom stereocenters. The van der Waals surface area contributed by atoms with E-state index >= 15 is 0 Å². The molecule has 4 N–H and O–H groups in total. The first-order chi connectivity index (χ1) is 5.66. The van der Waals surface area contributed by atoms with Crippen LogP contribution in [0.5, 0.6) is 0 Å². The molecule has 0 rings (SSSR count). The van der Waals surface area contributed by atoms with Crippen molar-refractivity contribution in [3.63, 3.8) is 0 Å². The summed E-state index contributed by atoms with van der Waals surface area (Å²) in [6.45, 7) is 2.66. The van der Waals surface area contributed by atoms with Gasteiger partial charge in [-0.05, 0) is 13.3 Å². The predicted molar refractivity (Wildman–Crippen MR) is 53.8 cm³/mol. The third-order valence-electron chi connectivity index (χ3n) is 1.14.